The lowest BCUT2D eigenvalue weighted by Crippen LogP contribution is -2.49. The fraction of sp³-hybridized carbons (Fsp3) is 0.857. The lowest BCUT2D eigenvalue weighted by molar-refractivity contribution is -0.137. The molecule has 2 atom stereocenters. The number of nitrogens with one attached hydrogen (secondary N) is 2. The summed E-state index contributed by atoms with van der Waals surface area (Å²) in [7, 11) is 2.01. The Balaban J connectivity index is 1.64. The number of aliphatic carboxylic acids is 1. The number of amides is 1. The van der Waals surface area contributed by atoms with E-state index in [1.165, 1.54) is 12.8 Å². The molecular weight excluding hydrogens is 258 g/mol. The molecule has 0 radical (unpaired) electrons. The Morgan fingerprint density at radius 1 is 1.30 bits per heavy atom. The maximum Gasteiger partial charge on any atom is 0.303 e. The fourth-order valence-electron chi connectivity index (χ4n) is 3.27. The summed E-state index contributed by atoms with van der Waals surface area (Å²) >= 11 is 0. The second kappa shape index (κ2) is 7.04. The lowest BCUT2D eigenvalue weighted by Gasteiger charge is -2.35. The molecule has 2 heterocycles. The van der Waals surface area contributed by atoms with Crippen LogP contribution in [-0.2, 0) is 9.59 Å². The van der Waals surface area contributed by atoms with Gasteiger partial charge in [0.05, 0.1) is 6.54 Å². The zero-order chi connectivity index (χ0) is 14.5. The van der Waals surface area contributed by atoms with Crippen molar-refractivity contribution in [2.75, 3.05) is 20.1 Å². The molecule has 0 saturated carbocycles. The summed E-state index contributed by atoms with van der Waals surface area (Å²) in [5.74, 6) is -0.828. The monoisotopic (exact) mass is 283 g/mol. The average molecular weight is 283 g/mol. The van der Waals surface area contributed by atoms with Crippen LogP contribution in [0.15, 0.2) is 0 Å². The van der Waals surface area contributed by atoms with Crippen LogP contribution in [0.25, 0.3) is 0 Å². The number of carboxylic acid groups (broad SMARTS) is 1. The van der Waals surface area contributed by atoms with Crippen LogP contribution in [0.1, 0.15) is 38.5 Å². The largest absolute Gasteiger partial charge is 0.481 e. The van der Waals surface area contributed by atoms with Crippen LogP contribution < -0.4 is 10.6 Å². The van der Waals surface area contributed by atoms with Gasteiger partial charge in [-0.1, -0.05) is 0 Å². The first-order valence-corrected chi connectivity index (χ1v) is 7.49. The van der Waals surface area contributed by atoms with Crippen molar-refractivity contribution in [1.82, 2.24) is 15.5 Å². The van der Waals surface area contributed by atoms with E-state index in [9.17, 15) is 9.59 Å². The Bertz CT molecular complexity index is 350. The number of hydrogen-bond acceptors (Lipinski definition) is 4. The first kappa shape index (κ1) is 15.3. The second-order valence-electron chi connectivity index (χ2n) is 6.03. The highest BCUT2D eigenvalue weighted by Gasteiger charge is 2.35. The normalized spacial score (nSPS) is 28.6. The number of fused-ring (bicyclic) bond motifs is 2. The van der Waals surface area contributed by atoms with Crippen molar-refractivity contribution in [3.05, 3.63) is 0 Å². The number of piperidine rings is 1. The molecule has 2 saturated heterocycles. The molecule has 1 amide bonds. The van der Waals surface area contributed by atoms with Gasteiger partial charge in [-0.2, -0.15) is 0 Å². The molecule has 6 heteroatoms. The van der Waals surface area contributed by atoms with Crippen molar-refractivity contribution in [2.24, 2.45) is 0 Å². The minimum atomic E-state index is -0.818. The summed E-state index contributed by atoms with van der Waals surface area (Å²) in [5, 5.41) is 14.9. The maximum atomic E-state index is 11.8. The molecule has 20 heavy (non-hydrogen) atoms. The van der Waals surface area contributed by atoms with E-state index in [-0.39, 0.29) is 12.3 Å². The van der Waals surface area contributed by atoms with Gasteiger partial charge in [0.25, 0.3) is 0 Å². The van der Waals surface area contributed by atoms with Crippen LogP contribution in [0.3, 0.4) is 0 Å². The zero-order valence-electron chi connectivity index (χ0n) is 12.1. The number of rotatable bonds is 7. The van der Waals surface area contributed by atoms with E-state index in [1.807, 2.05) is 7.05 Å². The molecule has 0 aliphatic carbocycles. The number of hydrogen-bond donors (Lipinski definition) is 3. The van der Waals surface area contributed by atoms with Crippen LogP contribution in [0.2, 0.25) is 0 Å². The van der Waals surface area contributed by atoms with Gasteiger partial charge in [0.15, 0.2) is 0 Å². The van der Waals surface area contributed by atoms with Gasteiger partial charge in [0.1, 0.15) is 0 Å². The smallest absolute Gasteiger partial charge is 0.303 e. The van der Waals surface area contributed by atoms with Gasteiger partial charge < -0.3 is 15.7 Å². The van der Waals surface area contributed by atoms with Crippen molar-refractivity contribution in [3.63, 3.8) is 0 Å². The third kappa shape index (κ3) is 4.45. The highest BCUT2D eigenvalue weighted by Crippen LogP contribution is 2.28. The molecule has 3 N–H and O–H groups in total. The molecular formula is C14H25N3O3. The van der Waals surface area contributed by atoms with Crippen molar-refractivity contribution >= 4 is 11.9 Å². The first-order chi connectivity index (χ1) is 9.54. The van der Waals surface area contributed by atoms with Crippen LogP contribution in [0.5, 0.6) is 0 Å². The van der Waals surface area contributed by atoms with Crippen LogP contribution in [0.4, 0.5) is 0 Å². The zero-order valence-corrected chi connectivity index (χ0v) is 12.1. The quantitative estimate of drug-likeness (QED) is 0.581. The van der Waals surface area contributed by atoms with Crippen molar-refractivity contribution in [3.8, 4) is 0 Å². The molecule has 0 aromatic rings. The molecule has 2 bridgehead atoms. The minimum Gasteiger partial charge on any atom is -0.481 e. The molecule has 0 spiro atoms. The molecule has 0 aromatic carbocycles. The van der Waals surface area contributed by atoms with Crippen molar-refractivity contribution in [1.29, 1.82) is 0 Å². The predicted molar refractivity (Wildman–Crippen MR) is 75.5 cm³/mol. The lowest BCUT2D eigenvalue weighted by atomic mass is 9.98. The van der Waals surface area contributed by atoms with Gasteiger partial charge in [0, 0.05) is 31.1 Å². The predicted octanol–water partition coefficient (Wildman–Crippen LogP) is 0.182. The number of carbonyl (C=O) groups excluding carboxylic acids is 1. The Labute approximate surface area is 119 Å². The number of carboxylic acids is 1. The molecule has 2 fully saturated rings. The SMILES string of the molecule is CN(CC(=O)NCCCC(=O)O)C1CC2CCC(C1)N2. The topological polar surface area (TPSA) is 81.7 Å². The summed E-state index contributed by atoms with van der Waals surface area (Å²) < 4.78 is 0. The second-order valence-corrected chi connectivity index (χ2v) is 6.03. The third-order valence-electron chi connectivity index (χ3n) is 4.35. The van der Waals surface area contributed by atoms with Crippen molar-refractivity contribution in [2.45, 2.75) is 56.7 Å². The van der Waals surface area contributed by atoms with Crippen molar-refractivity contribution < 1.29 is 14.7 Å². The van der Waals surface area contributed by atoms with Crippen LogP contribution in [0, 0.1) is 0 Å². The van der Waals surface area contributed by atoms with Gasteiger partial charge in [-0.05, 0) is 39.2 Å². The number of carbonyl (C=O) groups is 2. The Morgan fingerprint density at radius 2 is 1.95 bits per heavy atom. The fourth-order valence-corrected chi connectivity index (χ4v) is 3.27. The first-order valence-electron chi connectivity index (χ1n) is 7.49. The Kier molecular flexibility index (Phi) is 5.37. The highest BCUT2D eigenvalue weighted by atomic mass is 16.4. The molecule has 6 nitrogen and oxygen atoms in total. The molecule has 114 valence electrons. The third-order valence-corrected chi connectivity index (χ3v) is 4.35. The Hall–Kier alpha value is -1.14. The highest BCUT2D eigenvalue weighted by molar-refractivity contribution is 5.78. The van der Waals surface area contributed by atoms with Crippen LogP contribution in [-0.4, -0.2) is 60.1 Å². The summed E-state index contributed by atoms with van der Waals surface area (Å²) in [6.45, 7) is 0.841. The summed E-state index contributed by atoms with van der Waals surface area (Å²) in [4.78, 5) is 24.3. The standard InChI is InChI=1S/C14H25N3O3/c1-17(9-13(18)15-6-2-3-14(19)20)12-7-10-4-5-11(8-12)16-10/h10-12,16H,2-9H2,1H3,(H,15,18)(H,19,20). The minimum absolute atomic E-state index is 0.0104. The molecule has 0 aromatic heterocycles. The van der Waals surface area contributed by atoms with Gasteiger partial charge in [-0.15, -0.1) is 0 Å². The molecule has 2 rings (SSSR count). The summed E-state index contributed by atoms with van der Waals surface area (Å²) in [6.07, 6.45) is 5.36. The van der Waals surface area contributed by atoms with Gasteiger partial charge >= 0.3 is 5.97 Å². The average Bonchev–Trinajstić information content (AvgIpc) is 2.73. The Morgan fingerprint density at radius 3 is 2.55 bits per heavy atom. The maximum absolute atomic E-state index is 11.8. The van der Waals surface area contributed by atoms with E-state index in [2.05, 4.69) is 15.5 Å². The van der Waals surface area contributed by atoms with E-state index in [1.54, 1.807) is 0 Å². The van der Waals surface area contributed by atoms with E-state index < -0.39 is 5.97 Å². The summed E-state index contributed by atoms with van der Waals surface area (Å²) in [6, 6.07) is 1.73. The summed E-state index contributed by atoms with van der Waals surface area (Å²) in [5.41, 5.74) is 0. The molecule has 2 aliphatic heterocycles. The molecule has 2 aliphatic rings. The number of likely N-dealkylation sites (N-methyl/N-ethyl adjacent to an activating group) is 1. The molecule has 2 unspecified atom stereocenters. The van der Waals surface area contributed by atoms with Gasteiger partial charge in [0.2, 0.25) is 5.91 Å². The van der Waals surface area contributed by atoms with Gasteiger partial charge in [-0.25, -0.2) is 0 Å². The van der Waals surface area contributed by atoms with Gasteiger partial charge in [-0.3, -0.25) is 14.5 Å². The van der Waals surface area contributed by atoms with E-state index in [0.717, 1.165) is 12.8 Å². The van der Waals surface area contributed by atoms with E-state index in [4.69, 9.17) is 5.11 Å². The van der Waals surface area contributed by atoms with Crippen LogP contribution >= 0.6 is 0 Å². The van der Waals surface area contributed by atoms with E-state index >= 15 is 0 Å². The van der Waals surface area contributed by atoms with E-state index in [0.29, 0.717) is 37.6 Å². The number of nitrogens with zero attached hydrogens (tertiary/aromatic N) is 1.